The second-order valence-electron chi connectivity index (χ2n) is 5.45. The third kappa shape index (κ3) is 3.48. The van der Waals surface area contributed by atoms with Crippen LogP contribution in [-0.4, -0.2) is 18.9 Å². The van der Waals surface area contributed by atoms with Crippen molar-refractivity contribution in [3.05, 3.63) is 65.2 Å². The van der Waals surface area contributed by atoms with Crippen LogP contribution in [-0.2, 0) is 11.3 Å². The lowest BCUT2D eigenvalue weighted by atomic mass is 9.97. The smallest absolute Gasteiger partial charge is 0.295 e. The van der Waals surface area contributed by atoms with Gasteiger partial charge in [-0.3, -0.25) is 9.59 Å². The molecule has 6 nitrogen and oxygen atoms in total. The van der Waals surface area contributed by atoms with Crippen molar-refractivity contribution in [2.75, 3.05) is 7.11 Å². The van der Waals surface area contributed by atoms with E-state index in [0.29, 0.717) is 12.1 Å². The molecule has 1 aliphatic heterocycles. The third-order valence-corrected chi connectivity index (χ3v) is 3.87. The first-order chi connectivity index (χ1) is 11.7. The molecule has 2 aromatic rings. The van der Waals surface area contributed by atoms with Crippen molar-refractivity contribution in [3.8, 4) is 5.75 Å². The molecule has 0 saturated carbocycles. The first-order valence-corrected chi connectivity index (χ1v) is 7.61. The van der Waals surface area contributed by atoms with Gasteiger partial charge in [0.15, 0.2) is 0 Å². The van der Waals surface area contributed by atoms with Crippen molar-refractivity contribution in [2.24, 2.45) is 10.2 Å². The number of nitrogens with zero attached hydrogens (tertiary/aromatic N) is 2. The first kappa shape index (κ1) is 15.9. The SMILES string of the molecule is COc1ccc(CNC(=O)CC2N=NC(=O)c3ccccc32)cc1. The minimum atomic E-state index is -0.422. The molecule has 0 spiro atoms. The van der Waals surface area contributed by atoms with E-state index in [9.17, 15) is 9.59 Å². The van der Waals surface area contributed by atoms with Crippen molar-refractivity contribution in [1.82, 2.24) is 5.32 Å². The number of methoxy groups -OCH3 is 1. The molecule has 1 heterocycles. The van der Waals surface area contributed by atoms with Crippen molar-refractivity contribution in [1.29, 1.82) is 0 Å². The Kier molecular flexibility index (Phi) is 4.65. The summed E-state index contributed by atoms with van der Waals surface area (Å²) in [5.41, 5.74) is 2.24. The molecular formula is C18H17N3O3. The second kappa shape index (κ2) is 7.04. The zero-order valence-electron chi connectivity index (χ0n) is 13.2. The predicted molar refractivity (Wildman–Crippen MR) is 87.8 cm³/mol. The molecule has 0 bridgehead atoms. The Labute approximate surface area is 139 Å². The van der Waals surface area contributed by atoms with Gasteiger partial charge in [-0.05, 0) is 29.3 Å². The molecule has 1 unspecified atom stereocenters. The van der Waals surface area contributed by atoms with Crippen LogP contribution in [0.15, 0.2) is 58.8 Å². The summed E-state index contributed by atoms with van der Waals surface area (Å²) >= 11 is 0. The number of benzene rings is 2. The Morgan fingerprint density at radius 2 is 1.92 bits per heavy atom. The van der Waals surface area contributed by atoms with Gasteiger partial charge in [0.2, 0.25) is 5.91 Å². The van der Waals surface area contributed by atoms with Crippen molar-refractivity contribution >= 4 is 11.8 Å². The van der Waals surface area contributed by atoms with Gasteiger partial charge in [-0.1, -0.05) is 30.3 Å². The summed E-state index contributed by atoms with van der Waals surface area (Å²) in [5, 5.41) is 10.5. The van der Waals surface area contributed by atoms with Crippen LogP contribution in [0.4, 0.5) is 0 Å². The Bertz CT molecular complexity index is 784. The van der Waals surface area contributed by atoms with Gasteiger partial charge >= 0.3 is 0 Å². The van der Waals surface area contributed by atoms with Crippen LogP contribution < -0.4 is 10.1 Å². The number of hydrogen-bond donors (Lipinski definition) is 1. The van der Waals surface area contributed by atoms with Gasteiger partial charge in [-0.2, -0.15) is 5.11 Å². The fourth-order valence-corrected chi connectivity index (χ4v) is 2.56. The van der Waals surface area contributed by atoms with E-state index >= 15 is 0 Å². The Balaban J connectivity index is 1.60. The van der Waals surface area contributed by atoms with E-state index in [2.05, 4.69) is 15.5 Å². The summed E-state index contributed by atoms with van der Waals surface area (Å²) in [6, 6.07) is 14.2. The Morgan fingerprint density at radius 1 is 1.17 bits per heavy atom. The number of carbonyl (C=O) groups is 2. The quantitative estimate of drug-likeness (QED) is 0.918. The highest BCUT2D eigenvalue weighted by Crippen LogP contribution is 2.29. The maximum Gasteiger partial charge on any atom is 0.295 e. The predicted octanol–water partition coefficient (Wildman–Crippen LogP) is 3.05. The van der Waals surface area contributed by atoms with E-state index < -0.39 is 6.04 Å². The third-order valence-electron chi connectivity index (χ3n) is 3.87. The molecule has 0 saturated heterocycles. The van der Waals surface area contributed by atoms with Gasteiger partial charge in [-0.15, -0.1) is 5.11 Å². The highest BCUT2D eigenvalue weighted by Gasteiger charge is 2.25. The van der Waals surface area contributed by atoms with Crippen LogP contribution in [0.5, 0.6) is 5.75 Å². The second-order valence-corrected chi connectivity index (χ2v) is 5.45. The number of rotatable bonds is 5. The number of fused-ring (bicyclic) bond motifs is 1. The number of amides is 2. The summed E-state index contributed by atoms with van der Waals surface area (Å²) < 4.78 is 5.10. The number of nitrogens with one attached hydrogen (secondary N) is 1. The van der Waals surface area contributed by atoms with Crippen LogP contribution in [0.25, 0.3) is 0 Å². The number of ether oxygens (including phenoxy) is 1. The standard InChI is InChI=1S/C18H17N3O3/c1-24-13-8-6-12(7-9-13)11-19-17(22)10-16-14-4-2-3-5-15(14)18(23)21-20-16/h2-9,16H,10-11H2,1H3,(H,19,22). The lowest BCUT2D eigenvalue weighted by molar-refractivity contribution is -0.121. The fraction of sp³-hybridized carbons (Fsp3) is 0.222. The van der Waals surface area contributed by atoms with E-state index in [0.717, 1.165) is 16.9 Å². The van der Waals surface area contributed by atoms with Gasteiger partial charge in [0.25, 0.3) is 5.91 Å². The first-order valence-electron chi connectivity index (χ1n) is 7.61. The lowest BCUT2D eigenvalue weighted by Gasteiger charge is -2.17. The zero-order chi connectivity index (χ0) is 16.9. The Hall–Kier alpha value is -3.02. The van der Waals surface area contributed by atoms with E-state index in [1.807, 2.05) is 36.4 Å². The van der Waals surface area contributed by atoms with Gasteiger partial charge in [0, 0.05) is 12.1 Å². The number of hydrogen-bond acceptors (Lipinski definition) is 4. The van der Waals surface area contributed by atoms with Crippen LogP contribution in [0.1, 0.15) is 33.9 Å². The molecule has 122 valence electrons. The van der Waals surface area contributed by atoms with Crippen molar-refractivity contribution < 1.29 is 14.3 Å². The number of azo groups is 1. The molecule has 3 rings (SSSR count). The normalized spacial score (nSPS) is 15.7. The van der Waals surface area contributed by atoms with E-state index in [1.165, 1.54) is 0 Å². The van der Waals surface area contributed by atoms with Crippen LogP contribution in [0.2, 0.25) is 0 Å². The molecule has 2 amide bonds. The molecule has 1 aliphatic rings. The molecule has 0 radical (unpaired) electrons. The van der Waals surface area contributed by atoms with E-state index in [-0.39, 0.29) is 18.2 Å². The minimum absolute atomic E-state index is 0.140. The van der Waals surface area contributed by atoms with Gasteiger partial charge < -0.3 is 10.1 Å². The van der Waals surface area contributed by atoms with Crippen LogP contribution in [0, 0.1) is 0 Å². The average molecular weight is 323 g/mol. The van der Waals surface area contributed by atoms with E-state index in [4.69, 9.17) is 4.74 Å². The van der Waals surface area contributed by atoms with Crippen molar-refractivity contribution in [2.45, 2.75) is 19.0 Å². The highest BCUT2D eigenvalue weighted by molar-refractivity contribution is 5.97. The monoisotopic (exact) mass is 323 g/mol. The molecule has 24 heavy (non-hydrogen) atoms. The zero-order valence-corrected chi connectivity index (χ0v) is 13.2. The number of carbonyl (C=O) groups excluding carboxylic acids is 2. The van der Waals surface area contributed by atoms with Crippen LogP contribution >= 0.6 is 0 Å². The highest BCUT2D eigenvalue weighted by atomic mass is 16.5. The minimum Gasteiger partial charge on any atom is -0.497 e. The molecule has 0 aliphatic carbocycles. The summed E-state index contributed by atoms with van der Waals surface area (Å²) in [5.74, 6) is 0.272. The topological polar surface area (TPSA) is 80.1 Å². The average Bonchev–Trinajstić information content (AvgIpc) is 2.63. The lowest BCUT2D eigenvalue weighted by Crippen LogP contribution is -2.25. The maximum atomic E-state index is 12.2. The fourth-order valence-electron chi connectivity index (χ4n) is 2.56. The summed E-state index contributed by atoms with van der Waals surface area (Å²) in [6.07, 6.45) is 0.157. The molecular weight excluding hydrogens is 306 g/mol. The molecule has 0 fully saturated rings. The molecule has 2 aromatic carbocycles. The summed E-state index contributed by atoms with van der Waals surface area (Å²) in [4.78, 5) is 23.9. The molecule has 1 atom stereocenters. The molecule has 0 aromatic heterocycles. The van der Waals surface area contributed by atoms with Crippen molar-refractivity contribution in [3.63, 3.8) is 0 Å². The molecule has 6 heteroatoms. The Morgan fingerprint density at radius 3 is 2.67 bits per heavy atom. The van der Waals surface area contributed by atoms with Gasteiger partial charge in [-0.25, -0.2) is 0 Å². The largest absolute Gasteiger partial charge is 0.497 e. The summed E-state index contributed by atoms with van der Waals surface area (Å²) in [7, 11) is 1.61. The van der Waals surface area contributed by atoms with Gasteiger partial charge in [0.1, 0.15) is 11.8 Å². The maximum absolute atomic E-state index is 12.2. The van der Waals surface area contributed by atoms with Gasteiger partial charge in [0.05, 0.1) is 13.5 Å². The molecule has 1 N–H and O–H groups in total. The summed E-state index contributed by atoms with van der Waals surface area (Å²) in [6.45, 7) is 0.424. The van der Waals surface area contributed by atoms with E-state index in [1.54, 1.807) is 19.2 Å². The van der Waals surface area contributed by atoms with Crippen LogP contribution in [0.3, 0.4) is 0 Å².